The molecule has 23 heavy (non-hydrogen) atoms. The number of hydrogen-bond donors (Lipinski definition) is 0. The number of aromatic nitrogens is 2. The molecule has 1 aliphatic heterocycles. The van der Waals surface area contributed by atoms with Crippen molar-refractivity contribution in [2.24, 2.45) is 0 Å². The Balaban J connectivity index is 1.51. The summed E-state index contributed by atoms with van der Waals surface area (Å²) in [5, 5.41) is 9.97. The predicted octanol–water partition coefficient (Wildman–Crippen LogP) is 2.46. The highest BCUT2D eigenvalue weighted by molar-refractivity contribution is 7.10. The highest BCUT2D eigenvalue weighted by Crippen LogP contribution is 2.36. The molecule has 2 atom stereocenters. The van der Waals surface area contributed by atoms with Crippen LogP contribution in [0.2, 0.25) is 0 Å². The van der Waals surface area contributed by atoms with E-state index < -0.39 is 0 Å². The van der Waals surface area contributed by atoms with E-state index in [1.165, 1.54) is 10.4 Å². The Kier molecular flexibility index (Phi) is 3.90. The van der Waals surface area contributed by atoms with Crippen molar-refractivity contribution in [3.8, 4) is 0 Å². The van der Waals surface area contributed by atoms with Crippen LogP contribution >= 0.6 is 11.3 Å². The lowest BCUT2D eigenvalue weighted by Crippen LogP contribution is -2.44. The van der Waals surface area contributed by atoms with Gasteiger partial charge < -0.3 is 14.1 Å². The fourth-order valence-corrected chi connectivity index (χ4v) is 4.39. The van der Waals surface area contributed by atoms with Gasteiger partial charge in [0, 0.05) is 18.3 Å². The van der Waals surface area contributed by atoms with Crippen molar-refractivity contribution in [1.82, 2.24) is 15.1 Å². The van der Waals surface area contributed by atoms with Crippen LogP contribution < -0.4 is 0 Å². The average Bonchev–Trinajstić information content (AvgIpc) is 3.22. The fraction of sp³-hybridized carbons (Fsp3) is 0.562. The number of amides is 1. The zero-order valence-corrected chi connectivity index (χ0v) is 13.8. The van der Waals surface area contributed by atoms with E-state index in [1.807, 2.05) is 4.90 Å². The van der Waals surface area contributed by atoms with Crippen LogP contribution in [0.5, 0.6) is 0 Å². The molecule has 2 aromatic heterocycles. The molecule has 7 heteroatoms. The first-order valence-electron chi connectivity index (χ1n) is 7.99. The minimum atomic E-state index is -0.320. The van der Waals surface area contributed by atoms with Crippen LogP contribution in [-0.2, 0) is 16.0 Å². The third-order valence-corrected chi connectivity index (χ3v) is 5.54. The van der Waals surface area contributed by atoms with E-state index in [9.17, 15) is 4.79 Å². The minimum Gasteiger partial charge on any atom is -0.423 e. The quantitative estimate of drug-likeness (QED) is 0.844. The monoisotopic (exact) mass is 333 g/mol. The number of morpholine rings is 1. The highest BCUT2D eigenvalue weighted by Gasteiger charge is 2.35. The molecule has 3 heterocycles. The van der Waals surface area contributed by atoms with Crippen LogP contribution in [0.1, 0.15) is 47.1 Å². The van der Waals surface area contributed by atoms with E-state index in [1.54, 1.807) is 18.3 Å². The summed E-state index contributed by atoms with van der Waals surface area (Å²) >= 11 is 1.76. The van der Waals surface area contributed by atoms with Crippen LogP contribution in [0.15, 0.2) is 15.9 Å². The molecular weight excluding hydrogens is 314 g/mol. The number of rotatable bonds is 2. The van der Waals surface area contributed by atoms with Gasteiger partial charge in [0.25, 0.3) is 0 Å². The van der Waals surface area contributed by atoms with Crippen LogP contribution in [-0.4, -0.2) is 40.7 Å². The second-order valence-corrected chi connectivity index (χ2v) is 7.05. The van der Waals surface area contributed by atoms with Gasteiger partial charge in [-0.15, -0.1) is 21.5 Å². The van der Waals surface area contributed by atoms with E-state index in [0.717, 1.165) is 19.3 Å². The lowest BCUT2D eigenvalue weighted by Gasteiger charge is -2.34. The summed E-state index contributed by atoms with van der Waals surface area (Å²) in [4.78, 5) is 16.3. The van der Waals surface area contributed by atoms with Gasteiger partial charge in [0.1, 0.15) is 0 Å². The molecule has 2 unspecified atom stereocenters. The SMILES string of the molecule is Cc1nnc(C2CN(C(=O)C3CCCc4sccc43)CCO2)o1. The molecule has 2 aromatic rings. The fourth-order valence-electron chi connectivity index (χ4n) is 3.40. The van der Waals surface area contributed by atoms with Crippen LogP contribution in [0.25, 0.3) is 0 Å². The lowest BCUT2D eigenvalue weighted by molar-refractivity contribution is -0.141. The molecule has 2 aliphatic rings. The Hall–Kier alpha value is -1.73. The lowest BCUT2D eigenvalue weighted by atomic mass is 9.86. The summed E-state index contributed by atoms with van der Waals surface area (Å²) in [5.41, 5.74) is 1.22. The van der Waals surface area contributed by atoms with Crippen molar-refractivity contribution in [2.75, 3.05) is 19.7 Å². The van der Waals surface area contributed by atoms with Gasteiger partial charge in [-0.1, -0.05) is 0 Å². The maximum Gasteiger partial charge on any atom is 0.246 e. The molecule has 1 fully saturated rings. The van der Waals surface area contributed by atoms with Gasteiger partial charge in [-0.25, -0.2) is 0 Å². The zero-order valence-electron chi connectivity index (χ0n) is 13.0. The molecule has 0 bridgehead atoms. The molecule has 0 aromatic carbocycles. The maximum atomic E-state index is 13.0. The zero-order chi connectivity index (χ0) is 15.8. The topological polar surface area (TPSA) is 68.5 Å². The van der Waals surface area contributed by atoms with Gasteiger partial charge in [0.2, 0.25) is 17.7 Å². The second-order valence-electron chi connectivity index (χ2n) is 6.05. The molecule has 122 valence electrons. The van der Waals surface area contributed by atoms with Gasteiger partial charge in [0.15, 0.2) is 6.10 Å². The molecule has 4 rings (SSSR count). The number of fused-ring (bicyclic) bond motifs is 1. The Morgan fingerprint density at radius 3 is 3.17 bits per heavy atom. The Morgan fingerprint density at radius 1 is 1.43 bits per heavy atom. The molecule has 1 aliphatic carbocycles. The largest absolute Gasteiger partial charge is 0.423 e. The van der Waals surface area contributed by atoms with Crippen molar-refractivity contribution in [1.29, 1.82) is 0 Å². The predicted molar refractivity (Wildman–Crippen MR) is 84.3 cm³/mol. The first kappa shape index (κ1) is 14.8. The Bertz CT molecular complexity index is 711. The van der Waals surface area contributed by atoms with E-state index >= 15 is 0 Å². The summed E-state index contributed by atoms with van der Waals surface area (Å²) < 4.78 is 11.2. The molecule has 1 amide bonds. The van der Waals surface area contributed by atoms with E-state index in [0.29, 0.717) is 31.5 Å². The summed E-state index contributed by atoms with van der Waals surface area (Å²) in [6.07, 6.45) is 2.80. The van der Waals surface area contributed by atoms with E-state index in [4.69, 9.17) is 9.15 Å². The van der Waals surface area contributed by atoms with Crippen LogP contribution in [0, 0.1) is 6.92 Å². The van der Waals surface area contributed by atoms with Gasteiger partial charge in [0.05, 0.1) is 19.1 Å². The van der Waals surface area contributed by atoms with Crippen molar-refractivity contribution >= 4 is 17.2 Å². The average molecular weight is 333 g/mol. The number of hydrogen-bond acceptors (Lipinski definition) is 6. The van der Waals surface area contributed by atoms with Crippen molar-refractivity contribution < 1.29 is 13.9 Å². The van der Waals surface area contributed by atoms with E-state index in [-0.39, 0.29) is 17.9 Å². The van der Waals surface area contributed by atoms with Crippen LogP contribution in [0.3, 0.4) is 0 Å². The smallest absolute Gasteiger partial charge is 0.246 e. The number of thiophene rings is 1. The highest BCUT2D eigenvalue weighted by atomic mass is 32.1. The third-order valence-electron chi connectivity index (χ3n) is 4.55. The van der Waals surface area contributed by atoms with Crippen molar-refractivity contribution in [3.05, 3.63) is 33.7 Å². The Morgan fingerprint density at radius 2 is 2.35 bits per heavy atom. The standard InChI is InChI=1S/C16H19N3O3S/c1-10-17-18-15(22-10)13-9-19(6-7-21-13)16(20)12-3-2-4-14-11(12)5-8-23-14/h5,8,12-13H,2-4,6-7,9H2,1H3. The van der Waals surface area contributed by atoms with Gasteiger partial charge in [-0.05, 0) is 36.3 Å². The number of aryl methyl sites for hydroxylation is 2. The number of nitrogens with zero attached hydrogens (tertiary/aromatic N) is 3. The number of ether oxygens (including phenoxy) is 1. The molecular formula is C16H19N3O3S. The van der Waals surface area contributed by atoms with Crippen LogP contribution in [0.4, 0.5) is 0 Å². The summed E-state index contributed by atoms with van der Waals surface area (Å²) in [6, 6.07) is 2.11. The molecule has 0 saturated carbocycles. The molecule has 0 N–H and O–H groups in total. The van der Waals surface area contributed by atoms with Gasteiger partial charge in [-0.2, -0.15) is 0 Å². The normalized spacial score (nSPS) is 24.5. The van der Waals surface area contributed by atoms with Crippen molar-refractivity contribution in [3.63, 3.8) is 0 Å². The summed E-state index contributed by atoms with van der Waals surface area (Å²) in [6.45, 7) is 3.36. The van der Waals surface area contributed by atoms with E-state index in [2.05, 4.69) is 21.6 Å². The molecule has 0 spiro atoms. The Labute approximate surface area is 138 Å². The van der Waals surface area contributed by atoms with Gasteiger partial charge in [-0.3, -0.25) is 4.79 Å². The molecule has 0 radical (unpaired) electrons. The minimum absolute atomic E-state index is 0.00632. The number of carbonyl (C=O) groups excluding carboxylic acids is 1. The maximum absolute atomic E-state index is 13.0. The summed E-state index contributed by atoms with van der Waals surface area (Å²) in [5.74, 6) is 1.17. The molecule has 6 nitrogen and oxygen atoms in total. The first-order valence-corrected chi connectivity index (χ1v) is 8.87. The molecule has 1 saturated heterocycles. The van der Waals surface area contributed by atoms with Crippen molar-refractivity contribution in [2.45, 2.75) is 38.2 Å². The summed E-state index contributed by atoms with van der Waals surface area (Å²) in [7, 11) is 0. The third kappa shape index (κ3) is 2.79. The van der Waals surface area contributed by atoms with Gasteiger partial charge >= 0.3 is 0 Å². The number of carbonyl (C=O) groups is 1. The first-order chi connectivity index (χ1) is 11.2. The second kappa shape index (κ2) is 6.05.